The number of hydrogen-bond acceptors (Lipinski definition) is 2. The number of carbonyl (C=O) groups excluding carboxylic acids is 1. The molecule has 0 bridgehead atoms. The van der Waals surface area contributed by atoms with E-state index < -0.39 is 11.5 Å². The molecule has 94 valence electrons. The van der Waals surface area contributed by atoms with Gasteiger partial charge in [-0.15, -0.1) is 0 Å². The van der Waals surface area contributed by atoms with E-state index in [1.54, 1.807) is 4.90 Å². The molecule has 1 aliphatic heterocycles. The van der Waals surface area contributed by atoms with Crippen molar-refractivity contribution >= 4 is 12.0 Å². The van der Waals surface area contributed by atoms with Crippen LogP contribution in [0.15, 0.2) is 11.6 Å². The summed E-state index contributed by atoms with van der Waals surface area (Å²) in [5.41, 5.74) is 0.276. The molecule has 5 nitrogen and oxygen atoms in total. The van der Waals surface area contributed by atoms with Crippen molar-refractivity contribution < 1.29 is 14.7 Å². The highest BCUT2D eigenvalue weighted by molar-refractivity contribution is 5.87. The van der Waals surface area contributed by atoms with Crippen molar-refractivity contribution in [2.45, 2.75) is 38.1 Å². The summed E-state index contributed by atoms with van der Waals surface area (Å²) in [6.07, 6.45) is 4.82. The molecule has 2 amide bonds. The molecule has 1 fully saturated rings. The second-order valence-electron chi connectivity index (χ2n) is 4.92. The van der Waals surface area contributed by atoms with Gasteiger partial charge in [0.25, 0.3) is 0 Å². The molecule has 0 aromatic carbocycles. The number of amides is 2. The van der Waals surface area contributed by atoms with Crippen molar-refractivity contribution in [3.8, 4) is 0 Å². The lowest BCUT2D eigenvalue weighted by atomic mass is 9.77. The summed E-state index contributed by atoms with van der Waals surface area (Å²) in [5.74, 6) is -0.916. The van der Waals surface area contributed by atoms with Gasteiger partial charge in [0.2, 0.25) is 0 Å². The lowest BCUT2D eigenvalue weighted by molar-refractivity contribution is -0.148. The Morgan fingerprint density at radius 3 is 2.59 bits per heavy atom. The van der Waals surface area contributed by atoms with Gasteiger partial charge >= 0.3 is 12.0 Å². The van der Waals surface area contributed by atoms with E-state index in [0.717, 1.165) is 12.8 Å². The molecule has 5 heteroatoms. The molecule has 17 heavy (non-hydrogen) atoms. The van der Waals surface area contributed by atoms with E-state index in [1.165, 1.54) is 5.57 Å². The molecule has 0 aromatic rings. The Balaban J connectivity index is 1.95. The van der Waals surface area contributed by atoms with Gasteiger partial charge in [0.1, 0.15) is 5.54 Å². The molecule has 0 spiro atoms. The lowest BCUT2D eigenvalue weighted by Gasteiger charge is -2.40. The molecular weight excluding hydrogens is 220 g/mol. The van der Waals surface area contributed by atoms with Gasteiger partial charge in [0.05, 0.1) is 0 Å². The van der Waals surface area contributed by atoms with Gasteiger partial charge in [-0.05, 0) is 32.6 Å². The average Bonchev–Trinajstić information content (AvgIpc) is 2.23. The highest BCUT2D eigenvalue weighted by atomic mass is 16.4. The lowest BCUT2D eigenvalue weighted by Crippen LogP contribution is -2.61. The molecule has 2 N–H and O–H groups in total. The van der Waals surface area contributed by atoms with Gasteiger partial charge in [-0.2, -0.15) is 0 Å². The number of aliphatic carboxylic acids is 1. The topological polar surface area (TPSA) is 69.6 Å². The second-order valence-corrected chi connectivity index (χ2v) is 4.92. The zero-order valence-electron chi connectivity index (χ0n) is 10.0. The normalized spacial score (nSPS) is 22.4. The number of carboxylic acid groups (broad SMARTS) is 1. The van der Waals surface area contributed by atoms with Crippen LogP contribution in [0.2, 0.25) is 0 Å². The van der Waals surface area contributed by atoms with Crippen molar-refractivity contribution in [1.29, 1.82) is 0 Å². The third kappa shape index (κ3) is 2.28. The maximum Gasteiger partial charge on any atom is 0.329 e. The highest BCUT2D eigenvalue weighted by Gasteiger charge is 2.46. The predicted molar refractivity (Wildman–Crippen MR) is 62.7 cm³/mol. The molecule has 2 aliphatic rings. The number of nitrogens with zero attached hydrogens (tertiary/aromatic N) is 1. The van der Waals surface area contributed by atoms with E-state index in [2.05, 4.69) is 5.32 Å². The van der Waals surface area contributed by atoms with Crippen molar-refractivity contribution in [1.82, 2.24) is 10.2 Å². The standard InChI is InChI=1S/C12H18N2O3/c1-9-3-7-14(8-4-9)11(17)13-12(10(15)16)5-2-6-12/h3H,2,4-8H2,1H3,(H,13,17)(H,15,16). The zero-order chi connectivity index (χ0) is 12.5. The Labute approximate surface area is 100 Å². The summed E-state index contributed by atoms with van der Waals surface area (Å²) in [7, 11) is 0. The molecule has 0 saturated heterocycles. The smallest absolute Gasteiger partial charge is 0.329 e. The Bertz CT molecular complexity index is 372. The molecule has 0 radical (unpaired) electrons. The summed E-state index contributed by atoms with van der Waals surface area (Å²) >= 11 is 0. The molecule has 0 unspecified atom stereocenters. The van der Waals surface area contributed by atoms with Crippen molar-refractivity contribution in [3.63, 3.8) is 0 Å². The quantitative estimate of drug-likeness (QED) is 0.713. The van der Waals surface area contributed by atoms with Crippen LogP contribution in [0, 0.1) is 0 Å². The summed E-state index contributed by atoms with van der Waals surface area (Å²) in [6, 6.07) is -0.254. The largest absolute Gasteiger partial charge is 0.480 e. The first kappa shape index (κ1) is 12.0. The third-order valence-electron chi connectivity index (χ3n) is 3.69. The van der Waals surface area contributed by atoms with Crippen LogP contribution in [0.1, 0.15) is 32.6 Å². The number of urea groups is 1. The minimum absolute atomic E-state index is 0.254. The van der Waals surface area contributed by atoms with E-state index in [9.17, 15) is 9.59 Å². The molecule has 2 rings (SSSR count). The van der Waals surface area contributed by atoms with Crippen LogP contribution < -0.4 is 5.32 Å². The summed E-state index contributed by atoms with van der Waals surface area (Å²) in [4.78, 5) is 24.7. The first-order valence-electron chi connectivity index (χ1n) is 6.00. The van der Waals surface area contributed by atoms with Crippen molar-refractivity contribution in [2.75, 3.05) is 13.1 Å². The summed E-state index contributed by atoms with van der Waals surface area (Å²) in [5, 5.41) is 11.8. The molecule has 1 heterocycles. The van der Waals surface area contributed by atoms with Crippen LogP contribution in [0.25, 0.3) is 0 Å². The van der Waals surface area contributed by atoms with E-state index in [0.29, 0.717) is 25.9 Å². The Morgan fingerprint density at radius 1 is 1.47 bits per heavy atom. The van der Waals surface area contributed by atoms with Crippen molar-refractivity contribution in [2.24, 2.45) is 0 Å². The summed E-state index contributed by atoms with van der Waals surface area (Å²) in [6.45, 7) is 3.29. The average molecular weight is 238 g/mol. The molecule has 0 atom stereocenters. The molecule has 1 aliphatic carbocycles. The number of nitrogens with one attached hydrogen (secondary N) is 1. The maximum atomic E-state index is 11.9. The van der Waals surface area contributed by atoms with Crippen molar-refractivity contribution in [3.05, 3.63) is 11.6 Å². The fourth-order valence-electron chi connectivity index (χ4n) is 2.16. The number of rotatable bonds is 2. The van der Waals surface area contributed by atoms with Crippen LogP contribution in [-0.2, 0) is 4.79 Å². The number of carbonyl (C=O) groups is 2. The predicted octanol–water partition coefficient (Wildman–Crippen LogP) is 1.36. The van der Waals surface area contributed by atoms with Gasteiger partial charge < -0.3 is 15.3 Å². The Morgan fingerprint density at radius 2 is 2.18 bits per heavy atom. The first-order valence-corrected chi connectivity index (χ1v) is 6.00. The van der Waals surface area contributed by atoms with Gasteiger partial charge in [0, 0.05) is 13.1 Å². The van der Waals surface area contributed by atoms with E-state index >= 15 is 0 Å². The molecular formula is C12H18N2O3. The third-order valence-corrected chi connectivity index (χ3v) is 3.69. The maximum absolute atomic E-state index is 11.9. The Kier molecular flexibility index (Phi) is 3.09. The van der Waals surface area contributed by atoms with Crippen LogP contribution >= 0.6 is 0 Å². The fraction of sp³-hybridized carbons (Fsp3) is 0.667. The van der Waals surface area contributed by atoms with Gasteiger partial charge in [-0.3, -0.25) is 0 Å². The summed E-state index contributed by atoms with van der Waals surface area (Å²) < 4.78 is 0. The van der Waals surface area contributed by atoms with E-state index in [-0.39, 0.29) is 6.03 Å². The second kappa shape index (κ2) is 4.39. The number of carboxylic acids is 1. The fourth-order valence-corrected chi connectivity index (χ4v) is 2.16. The zero-order valence-corrected chi connectivity index (χ0v) is 10.0. The van der Waals surface area contributed by atoms with Crippen LogP contribution in [-0.4, -0.2) is 40.6 Å². The Hall–Kier alpha value is -1.52. The minimum atomic E-state index is -1.01. The minimum Gasteiger partial charge on any atom is -0.480 e. The first-order chi connectivity index (χ1) is 8.03. The monoisotopic (exact) mass is 238 g/mol. The molecule has 1 saturated carbocycles. The SMILES string of the molecule is CC1=CCN(C(=O)NC2(C(=O)O)CCC2)CC1. The van der Waals surface area contributed by atoms with E-state index in [4.69, 9.17) is 5.11 Å². The van der Waals surface area contributed by atoms with Gasteiger partial charge in [-0.25, -0.2) is 9.59 Å². The molecule has 0 aromatic heterocycles. The van der Waals surface area contributed by atoms with Crippen LogP contribution in [0.4, 0.5) is 4.79 Å². The van der Waals surface area contributed by atoms with E-state index in [1.807, 2.05) is 13.0 Å². The van der Waals surface area contributed by atoms with Crippen LogP contribution in [0.3, 0.4) is 0 Å². The van der Waals surface area contributed by atoms with Crippen LogP contribution in [0.5, 0.6) is 0 Å². The van der Waals surface area contributed by atoms with Gasteiger partial charge in [0.15, 0.2) is 0 Å². The van der Waals surface area contributed by atoms with Gasteiger partial charge in [-0.1, -0.05) is 11.6 Å². The highest BCUT2D eigenvalue weighted by Crippen LogP contribution is 2.32. The number of hydrogen-bond donors (Lipinski definition) is 2.